The first-order chi connectivity index (χ1) is 13.4. The van der Waals surface area contributed by atoms with Crippen molar-refractivity contribution in [3.8, 4) is 0 Å². The molecule has 1 amide bonds. The lowest BCUT2D eigenvalue weighted by atomic mass is 10.0. The summed E-state index contributed by atoms with van der Waals surface area (Å²) >= 11 is 11.3. The van der Waals surface area contributed by atoms with Crippen molar-refractivity contribution in [2.75, 3.05) is 5.73 Å². The van der Waals surface area contributed by atoms with Crippen LogP contribution >= 0.6 is 23.2 Å². The Morgan fingerprint density at radius 3 is 2.25 bits per heavy atom. The molecule has 10 heteroatoms. The van der Waals surface area contributed by atoms with Crippen LogP contribution in [0.15, 0.2) is 54.9 Å². The van der Waals surface area contributed by atoms with Gasteiger partial charge in [0.2, 0.25) is 5.78 Å². The highest BCUT2D eigenvalue weighted by Gasteiger charge is 2.23. The van der Waals surface area contributed by atoms with Gasteiger partial charge in [-0.2, -0.15) is 0 Å². The zero-order valence-electron chi connectivity index (χ0n) is 14.2. The average molecular weight is 422 g/mol. The highest BCUT2D eigenvalue weighted by Crippen LogP contribution is 2.28. The van der Waals surface area contributed by atoms with Gasteiger partial charge in [0.1, 0.15) is 11.5 Å². The van der Waals surface area contributed by atoms with E-state index < -0.39 is 22.5 Å². The van der Waals surface area contributed by atoms with Crippen LogP contribution in [-0.2, 0) is 0 Å². The molecule has 0 bridgehead atoms. The highest BCUT2D eigenvalue weighted by atomic mass is 35.5. The molecule has 7 nitrogen and oxygen atoms in total. The van der Waals surface area contributed by atoms with E-state index >= 15 is 0 Å². The molecule has 0 fully saturated rings. The monoisotopic (exact) mass is 421 g/mol. The first kappa shape index (κ1) is 21.2. The summed E-state index contributed by atoms with van der Waals surface area (Å²) in [6.07, 6.45) is 2.98. The molecular formula is C18H14Cl2FN5O2. The minimum Gasteiger partial charge on any atom is -0.384 e. The second-order valence-corrected chi connectivity index (χ2v) is 5.96. The minimum absolute atomic E-state index is 0.0450. The zero-order chi connectivity index (χ0) is 20.7. The Morgan fingerprint density at radius 2 is 1.68 bits per heavy atom. The molecular weight excluding hydrogens is 408 g/mol. The van der Waals surface area contributed by atoms with Crippen LogP contribution in [0.1, 0.15) is 26.4 Å². The number of ketones is 1. The Morgan fingerprint density at radius 1 is 0.964 bits per heavy atom. The number of aromatic nitrogens is 2. The van der Waals surface area contributed by atoms with Gasteiger partial charge in [0.25, 0.3) is 5.91 Å². The van der Waals surface area contributed by atoms with Crippen LogP contribution in [0.25, 0.3) is 0 Å². The summed E-state index contributed by atoms with van der Waals surface area (Å²) in [5, 5.41) is -0.644. The largest absolute Gasteiger partial charge is 0.384 e. The van der Waals surface area contributed by atoms with Gasteiger partial charge in [0.15, 0.2) is 5.82 Å². The average Bonchev–Trinajstić information content (AvgIpc) is 2.72. The van der Waals surface area contributed by atoms with Crippen molar-refractivity contribution in [1.82, 2.24) is 15.4 Å². The van der Waals surface area contributed by atoms with Crippen LogP contribution in [0, 0.1) is 5.82 Å². The number of nitrogens with one attached hydrogen (secondary N) is 1. The van der Waals surface area contributed by atoms with E-state index in [2.05, 4.69) is 9.97 Å². The number of hydrogen-bond donors (Lipinski definition) is 3. The molecule has 0 aliphatic rings. The fourth-order valence-corrected chi connectivity index (χ4v) is 2.51. The number of rotatable bonds is 3. The Labute approximate surface area is 169 Å². The van der Waals surface area contributed by atoms with E-state index in [1.165, 1.54) is 30.5 Å². The Bertz CT molecular complexity index is 1000. The molecule has 3 aromatic rings. The number of halogens is 3. The summed E-state index contributed by atoms with van der Waals surface area (Å²) in [6.45, 7) is 0. The van der Waals surface area contributed by atoms with Gasteiger partial charge in [-0.1, -0.05) is 29.3 Å². The fraction of sp³-hybridized carbons (Fsp3) is 0. The molecule has 5 N–H and O–H groups in total. The van der Waals surface area contributed by atoms with Crippen LogP contribution in [0.2, 0.25) is 10.0 Å². The topological polar surface area (TPSA) is 124 Å². The zero-order valence-corrected chi connectivity index (χ0v) is 15.7. The van der Waals surface area contributed by atoms with Gasteiger partial charge in [0.05, 0.1) is 15.6 Å². The number of hydrogen-bond acceptors (Lipinski definition) is 6. The number of benzene rings is 1. The number of carbonyl (C=O) groups excluding carboxylic acids is 2. The van der Waals surface area contributed by atoms with E-state index in [0.717, 1.165) is 0 Å². The van der Waals surface area contributed by atoms with Gasteiger partial charge >= 0.3 is 0 Å². The van der Waals surface area contributed by atoms with Crippen molar-refractivity contribution >= 4 is 40.7 Å². The molecule has 0 unspecified atom stereocenters. The summed E-state index contributed by atoms with van der Waals surface area (Å²) in [4.78, 5) is 31.6. The maximum Gasteiger partial charge on any atom is 0.267 e. The predicted molar refractivity (Wildman–Crippen MR) is 104 cm³/mol. The van der Waals surface area contributed by atoms with Crippen molar-refractivity contribution in [3.63, 3.8) is 0 Å². The van der Waals surface area contributed by atoms with Crippen molar-refractivity contribution < 1.29 is 14.0 Å². The maximum absolute atomic E-state index is 13.7. The fourth-order valence-electron chi connectivity index (χ4n) is 2.05. The summed E-state index contributed by atoms with van der Waals surface area (Å²) in [6, 6.07) is 10.7. The Hall–Kier alpha value is -3.07. The molecule has 0 atom stereocenters. The third-order valence-corrected chi connectivity index (χ3v) is 4.03. The molecule has 2 heterocycles. The number of carbonyl (C=O) groups is 2. The van der Waals surface area contributed by atoms with E-state index in [1.807, 2.05) is 17.6 Å². The lowest BCUT2D eigenvalue weighted by molar-refractivity contribution is 0.0940. The number of pyridine rings is 2. The van der Waals surface area contributed by atoms with Crippen LogP contribution in [-0.4, -0.2) is 21.7 Å². The molecule has 3 rings (SSSR count). The maximum atomic E-state index is 13.7. The van der Waals surface area contributed by atoms with Gasteiger partial charge in [-0.25, -0.2) is 15.2 Å². The van der Waals surface area contributed by atoms with Crippen LogP contribution in [0.3, 0.4) is 0 Å². The van der Waals surface area contributed by atoms with Crippen molar-refractivity contribution in [3.05, 3.63) is 87.5 Å². The minimum atomic E-state index is -0.912. The SMILES string of the molecule is NNC(=O)c1cccnc1C(=O)c1ccc(Cl)c(F)c1Cl.Nc1ccccn1. The number of nitrogens with two attached hydrogens (primary N) is 2. The molecule has 0 saturated heterocycles. The van der Waals surface area contributed by atoms with E-state index in [0.29, 0.717) is 5.82 Å². The number of nitrogen functional groups attached to an aromatic ring is 2. The first-order valence-electron chi connectivity index (χ1n) is 7.67. The number of nitrogens with zero attached hydrogens (tertiary/aromatic N) is 2. The van der Waals surface area contributed by atoms with Crippen LogP contribution in [0.4, 0.5) is 10.2 Å². The highest BCUT2D eigenvalue weighted by molar-refractivity contribution is 6.38. The van der Waals surface area contributed by atoms with Gasteiger partial charge in [-0.15, -0.1) is 0 Å². The van der Waals surface area contributed by atoms with Crippen LogP contribution < -0.4 is 17.0 Å². The summed E-state index contributed by atoms with van der Waals surface area (Å²) in [5.41, 5.74) is 6.77. The molecule has 0 aliphatic carbocycles. The van der Waals surface area contributed by atoms with E-state index in [1.54, 1.807) is 12.3 Å². The van der Waals surface area contributed by atoms with E-state index in [4.69, 9.17) is 34.8 Å². The second kappa shape index (κ2) is 9.75. The molecule has 1 aromatic carbocycles. The summed E-state index contributed by atoms with van der Waals surface area (Å²) in [7, 11) is 0. The lowest BCUT2D eigenvalue weighted by Gasteiger charge is -2.08. The lowest BCUT2D eigenvalue weighted by Crippen LogP contribution is -2.31. The van der Waals surface area contributed by atoms with Gasteiger partial charge in [-0.3, -0.25) is 20.0 Å². The number of anilines is 1. The predicted octanol–water partition coefficient (Wildman–Crippen LogP) is 3.03. The molecule has 28 heavy (non-hydrogen) atoms. The van der Waals surface area contributed by atoms with E-state index in [-0.39, 0.29) is 21.8 Å². The molecule has 144 valence electrons. The third-order valence-electron chi connectivity index (χ3n) is 3.37. The quantitative estimate of drug-likeness (QED) is 0.196. The molecule has 0 saturated carbocycles. The number of amides is 1. The third kappa shape index (κ3) is 5.01. The standard InChI is InChI=1S/C13H8Cl2FN3O2.C5H6N2/c14-8-4-3-6(9(15)10(8)16)12(20)11-7(13(21)19-17)2-1-5-18-11;6-5-3-1-2-4-7-5/h1-5H,17H2,(H,19,21);1-4H,(H2,6,7). The van der Waals surface area contributed by atoms with Crippen molar-refractivity contribution in [1.29, 1.82) is 0 Å². The molecule has 0 spiro atoms. The number of hydrazine groups is 1. The molecule has 2 aromatic heterocycles. The first-order valence-corrected chi connectivity index (χ1v) is 8.43. The van der Waals surface area contributed by atoms with Crippen molar-refractivity contribution in [2.45, 2.75) is 0 Å². The normalized spacial score (nSPS) is 9.86. The summed E-state index contributed by atoms with van der Waals surface area (Å²) < 4.78 is 13.7. The summed E-state index contributed by atoms with van der Waals surface area (Å²) in [5.74, 6) is 3.29. The molecule has 0 radical (unpaired) electrons. The van der Waals surface area contributed by atoms with Crippen molar-refractivity contribution in [2.24, 2.45) is 5.84 Å². The van der Waals surface area contributed by atoms with E-state index in [9.17, 15) is 14.0 Å². The Balaban J connectivity index is 0.000000336. The molecule has 0 aliphatic heterocycles. The smallest absolute Gasteiger partial charge is 0.267 e. The van der Waals surface area contributed by atoms with Gasteiger partial charge in [0, 0.05) is 18.0 Å². The van der Waals surface area contributed by atoms with Gasteiger partial charge < -0.3 is 5.73 Å². The van der Waals surface area contributed by atoms with Crippen LogP contribution in [0.5, 0.6) is 0 Å². The van der Waals surface area contributed by atoms with Gasteiger partial charge in [-0.05, 0) is 36.4 Å². The Kier molecular flexibility index (Phi) is 7.39. The second-order valence-electron chi connectivity index (χ2n) is 5.18.